The number of piperazine rings is 1. The maximum atomic E-state index is 12.2. The summed E-state index contributed by atoms with van der Waals surface area (Å²) in [5.41, 5.74) is 1.11. The molecule has 0 spiro atoms. The lowest BCUT2D eigenvalue weighted by molar-refractivity contribution is -0.131. The maximum Gasteiger partial charge on any atom is 0.236 e. The fraction of sp³-hybridized carbons (Fsp3) is 0.714. The van der Waals surface area contributed by atoms with Crippen LogP contribution in [0.5, 0.6) is 0 Å². The van der Waals surface area contributed by atoms with Gasteiger partial charge in [-0.3, -0.25) is 9.48 Å². The van der Waals surface area contributed by atoms with Gasteiger partial charge in [0, 0.05) is 38.4 Å². The first-order valence-corrected chi connectivity index (χ1v) is 9.56. The third-order valence-corrected chi connectivity index (χ3v) is 5.19. The van der Waals surface area contributed by atoms with Crippen molar-refractivity contribution in [3.8, 4) is 0 Å². The van der Waals surface area contributed by atoms with Crippen molar-refractivity contribution >= 4 is 15.9 Å². The molecule has 9 heteroatoms. The number of aromatic nitrogens is 2. The van der Waals surface area contributed by atoms with Crippen LogP contribution in [-0.4, -0.2) is 78.3 Å². The highest BCUT2D eigenvalue weighted by atomic mass is 32.2. The van der Waals surface area contributed by atoms with Crippen LogP contribution in [0.2, 0.25) is 0 Å². The Labute approximate surface area is 137 Å². The van der Waals surface area contributed by atoms with Gasteiger partial charge >= 0.3 is 0 Å². The molecule has 0 aromatic carbocycles. The molecule has 8 nitrogen and oxygen atoms in total. The number of sulfonamides is 1. The van der Waals surface area contributed by atoms with E-state index in [2.05, 4.69) is 10.4 Å². The number of nitrogens with zero attached hydrogens (tertiary/aromatic N) is 4. The number of rotatable bonds is 6. The Kier molecular flexibility index (Phi) is 5.77. The van der Waals surface area contributed by atoms with Crippen LogP contribution in [0.1, 0.15) is 12.5 Å². The number of nitrogens with one attached hydrogen (secondary N) is 1. The Hall–Kier alpha value is -1.45. The number of carbonyl (C=O) groups excluding carboxylic acids is 1. The van der Waals surface area contributed by atoms with Crippen molar-refractivity contribution < 1.29 is 13.2 Å². The molecule has 1 unspecified atom stereocenters. The minimum absolute atomic E-state index is 0.00152. The summed E-state index contributed by atoms with van der Waals surface area (Å²) in [7, 11) is -3.16. The number of hydrogen-bond donors (Lipinski definition) is 1. The quantitative estimate of drug-likeness (QED) is 0.736. The van der Waals surface area contributed by atoms with E-state index < -0.39 is 10.0 Å². The van der Waals surface area contributed by atoms with Crippen LogP contribution in [0.15, 0.2) is 12.4 Å². The monoisotopic (exact) mass is 343 g/mol. The van der Waals surface area contributed by atoms with E-state index >= 15 is 0 Å². The predicted molar refractivity (Wildman–Crippen MR) is 87.4 cm³/mol. The SMILES string of the molecule is Cc1cnn(CC(C)NCC(=O)N2CCN(S(C)(=O)=O)CC2)c1. The molecule has 23 heavy (non-hydrogen) atoms. The summed E-state index contributed by atoms with van der Waals surface area (Å²) in [5.74, 6) is 0.00152. The number of hydrogen-bond acceptors (Lipinski definition) is 5. The van der Waals surface area contributed by atoms with Gasteiger partial charge in [-0.2, -0.15) is 9.40 Å². The molecule has 130 valence electrons. The lowest BCUT2D eigenvalue weighted by Crippen LogP contribution is -2.52. The molecule has 0 saturated carbocycles. The Balaban J connectivity index is 1.73. The zero-order valence-corrected chi connectivity index (χ0v) is 14.7. The summed E-state index contributed by atoms with van der Waals surface area (Å²) in [6, 6.07) is 0.121. The van der Waals surface area contributed by atoms with Crippen molar-refractivity contribution in [2.45, 2.75) is 26.4 Å². The van der Waals surface area contributed by atoms with Crippen LogP contribution < -0.4 is 5.32 Å². The van der Waals surface area contributed by atoms with Crippen molar-refractivity contribution in [2.75, 3.05) is 39.0 Å². The van der Waals surface area contributed by atoms with Gasteiger partial charge < -0.3 is 10.2 Å². The fourth-order valence-electron chi connectivity index (χ4n) is 2.55. The summed E-state index contributed by atoms with van der Waals surface area (Å²) in [6.07, 6.45) is 4.97. The second-order valence-corrected chi connectivity index (χ2v) is 8.05. The summed E-state index contributed by atoms with van der Waals surface area (Å²) < 4.78 is 26.2. The molecular formula is C14H25N5O3S. The van der Waals surface area contributed by atoms with Crippen molar-refractivity contribution in [3.05, 3.63) is 18.0 Å². The third kappa shape index (κ3) is 5.29. The second-order valence-electron chi connectivity index (χ2n) is 6.06. The number of carbonyl (C=O) groups is 1. The highest BCUT2D eigenvalue weighted by Crippen LogP contribution is 2.06. The molecule has 0 bridgehead atoms. The van der Waals surface area contributed by atoms with Crippen LogP contribution in [0.25, 0.3) is 0 Å². The molecule has 0 radical (unpaired) electrons. The Morgan fingerprint density at radius 1 is 1.35 bits per heavy atom. The van der Waals surface area contributed by atoms with Gasteiger partial charge in [0.25, 0.3) is 0 Å². The van der Waals surface area contributed by atoms with Gasteiger partial charge in [0.05, 0.1) is 25.5 Å². The van der Waals surface area contributed by atoms with E-state index in [1.165, 1.54) is 10.6 Å². The zero-order chi connectivity index (χ0) is 17.0. The van der Waals surface area contributed by atoms with E-state index in [0.29, 0.717) is 32.7 Å². The molecule has 0 aliphatic carbocycles. The molecule has 1 N–H and O–H groups in total. The fourth-order valence-corrected chi connectivity index (χ4v) is 3.38. The topological polar surface area (TPSA) is 87.5 Å². The molecule has 1 aliphatic rings. The van der Waals surface area contributed by atoms with Gasteiger partial charge in [0.15, 0.2) is 0 Å². The Morgan fingerprint density at radius 3 is 2.52 bits per heavy atom. The molecule has 1 fully saturated rings. The molecule has 1 saturated heterocycles. The van der Waals surface area contributed by atoms with Gasteiger partial charge in [0.1, 0.15) is 0 Å². The van der Waals surface area contributed by atoms with Gasteiger partial charge in [-0.05, 0) is 19.4 Å². The second kappa shape index (κ2) is 7.41. The smallest absolute Gasteiger partial charge is 0.236 e. The zero-order valence-electron chi connectivity index (χ0n) is 13.9. The van der Waals surface area contributed by atoms with Crippen molar-refractivity contribution in [2.24, 2.45) is 0 Å². The van der Waals surface area contributed by atoms with E-state index in [4.69, 9.17) is 0 Å². The highest BCUT2D eigenvalue weighted by Gasteiger charge is 2.25. The largest absolute Gasteiger partial charge is 0.339 e. The average Bonchev–Trinajstić information content (AvgIpc) is 2.89. The summed E-state index contributed by atoms with van der Waals surface area (Å²) >= 11 is 0. The first-order chi connectivity index (χ1) is 10.8. The maximum absolute atomic E-state index is 12.2. The lowest BCUT2D eigenvalue weighted by Gasteiger charge is -2.33. The van der Waals surface area contributed by atoms with Crippen molar-refractivity contribution in [1.82, 2.24) is 24.3 Å². The Morgan fingerprint density at radius 2 is 2.00 bits per heavy atom. The summed E-state index contributed by atoms with van der Waals surface area (Å²) in [4.78, 5) is 13.9. The summed E-state index contributed by atoms with van der Waals surface area (Å²) in [6.45, 7) is 6.57. The van der Waals surface area contributed by atoms with Gasteiger partial charge in [0.2, 0.25) is 15.9 Å². The third-order valence-electron chi connectivity index (χ3n) is 3.89. The molecule has 1 amide bonds. The minimum atomic E-state index is -3.16. The minimum Gasteiger partial charge on any atom is -0.339 e. The molecule has 1 aromatic heterocycles. The Bertz CT molecular complexity index is 635. The van der Waals surface area contributed by atoms with E-state index in [0.717, 1.165) is 5.56 Å². The van der Waals surface area contributed by atoms with Crippen LogP contribution in [0.4, 0.5) is 0 Å². The molecule has 2 rings (SSSR count). The number of aryl methyl sites for hydroxylation is 1. The van der Waals surface area contributed by atoms with Crippen LogP contribution in [-0.2, 0) is 21.4 Å². The van der Waals surface area contributed by atoms with Crippen LogP contribution in [0.3, 0.4) is 0 Å². The van der Waals surface area contributed by atoms with Gasteiger partial charge in [-0.25, -0.2) is 8.42 Å². The molecule has 1 aliphatic heterocycles. The summed E-state index contributed by atoms with van der Waals surface area (Å²) in [5, 5.41) is 7.42. The predicted octanol–water partition coefficient (Wildman–Crippen LogP) is -0.727. The first kappa shape index (κ1) is 17.9. The van der Waals surface area contributed by atoms with E-state index in [-0.39, 0.29) is 18.5 Å². The molecular weight excluding hydrogens is 318 g/mol. The molecule has 1 atom stereocenters. The van der Waals surface area contributed by atoms with Crippen molar-refractivity contribution in [3.63, 3.8) is 0 Å². The first-order valence-electron chi connectivity index (χ1n) is 7.71. The highest BCUT2D eigenvalue weighted by molar-refractivity contribution is 7.88. The molecule has 1 aromatic rings. The van der Waals surface area contributed by atoms with E-state index in [9.17, 15) is 13.2 Å². The average molecular weight is 343 g/mol. The van der Waals surface area contributed by atoms with Crippen LogP contribution in [0, 0.1) is 6.92 Å². The van der Waals surface area contributed by atoms with Crippen molar-refractivity contribution in [1.29, 1.82) is 0 Å². The van der Waals surface area contributed by atoms with Crippen LogP contribution >= 0.6 is 0 Å². The van der Waals surface area contributed by atoms with Gasteiger partial charge in [-0.1, -0.05) is 0 Å². The number of amides is 1. The standard InChI is InChI=1S/C14H25N5O3S/c1-12-8-16-18(10-12)11-13(2)15-9-14(20)17-4-6-19(7-5-17)23(3,21)22/h8,10,13,15H,4-7,9,11H2,1-3H3. The van der Waals surface area contributed by atoms with E-state index in [1.807, 2.05) is 24.7 Å². The van der Waals surface area contributed by atoms with E-state index in [1.54, 1.807) is 11.1 Å². The molecule has 2 heterocycles. The van der Waals surface area contributed by atoms with Gasteiger partial charge in [-0.15, -0.1) is 0 Å². The normalized spacial score (nSPS) is 18.1. The lowest BCUT2D eigenvalue weighted by atomic mass is 10.3.